The molecule has 0 spiro atoms. The van der Waals surface area contributed by atoms with Crippen molar-refractivity contribution in [2.45, 2.75) is 12.3 Å². The zero-order chi connectivity index (χ0) is 11.7. The van der Waals surface area contributed by atoms with Gasteiger partial charge in [0.15, 0.2) is 6.23 Å². The molecule has 0 saturated carbocycles. The summed E-state index contributed by atoms with van der Waals surface area (Å²) in [5, 5.41) is 8.90. The number of nitrogens with two attached hydrogens (primary N) is 1. The molecule has 6 nitrogen and oxygen atoms in total. The van der Waals surface area contributed by atoms with Crippen LogP contribution < -0.4 is 11.4 Å². The van der Waals surface area contributed by atoms with Crippen LogP contribution in [-0.4, -0.2) is 27.4 Å². The Labute approximate surface area is 105 Å². The molecule has 1 aliphatic heterocycles. The fourth-order valence-corrected chi connectivity index (χ4v) is 1.81. The highest BCUT2D eigenvalue weighted by Gasteiger charge is 2.21. The molecule has 1 aliphatic rings. The van der Waals surface area contributed by atoms with Crippen molar-refractivity contribution in [1.82, 2.24) is 9.55 Å². The Morgan fingerprint density at radius 1 is 1.62 bits per heavy atom. The van der Waals surface area contributed by atoms with Gasteiger partial charge in [0.25, 0.3) is 0 Å². The Bertz CT molecular complexity index is 485. The van der Waals surface area contributed by atoms with Crippen molar-refractivity contribution < 1.29 is 9.84 Å². The van der Waals surface area contributed by atoms with E-state index in [0.717, 1.165) is 0 Å². The summed E-state index contributed by atoms with van der Waals surface area (Å²) in [5.41, 5.74) is 5.04. The third-order valence-electron chi connectivity index (χ3n) is 2.19. The van der Waals surface area contributed by atoms with Crippen molar-refractivity contribution in [1.29, 1.82) is 0 Å². The summed E-state index contributed by atoms with van der Waals surface area (Å²) in [6, 6.07) is 0. The molecule has 0 aromatic carbocycles. The maximum atomic E-state index is 11.6. The minimum Gasteiger partial charge on any atom is -0.393 e. The van der Waals surface area contributed by atoms with Crippen molar-refractivity contribution in [3.8, 4) is 0 Å². The minimum absolute atomic E-state index is 0.110. The Kier molecular flexibility index (Phi) is 3.26. The molecule has 0 saturated heterocycles. The van der Waals surface area contributed by atoms with E-state index in [4.69, 9.17) is 15.6 Å². The maximum absolute atomic E-state index is 11.6. The van der Waals surface area contributed by atoms with Crippen LogP contribution in [0, 0.1) is 3.57 Å². The number of halogens is 1. The second-order valence-corrected chi connectivity index (χ2v) is 4.46. The number of ether oxygens (including phenoxy) is 1. The molecule has 7 heteroatoms. The second kappa shape index (κ2) is 4.52. The monoisotopic (exact) mass is 335 g/mol. The van der Waals surface area contributed by atoms with E-state index in [1.807, 2.05) is 22.6 Å². The maximum Gasteiger partial charge on any atom is 0.351 e. The highest BCUT2D eigenvalue weighted by molar-refractivity contribution is 14.1. The van der Waals surface area contributed by atoms with Crippen LogP contribution in [0.2, 0.25) is 0 Å². The molecule has 0 bridgehead atoms. The first-order valence-corrected chi connectivity index (χ1v) is 5.68. The number of hydrogen-bond donors (Lipinski definition) is 2. The van der Waals surface area contributed by atoms with E-state index >= 15 is 0 Å². The molecule has 0 radical (unpaired) electrons. The number of anilines is 1. The quantitative estimate of drug-likeness (QED) is 0.581. The summed E-state index contributed by atoms with van der Waals surface area (Å²) < 4.78 is 7.41. The van der Waals surface area contributed by atoms with E-state index < -0.39 is 11.9 Å². The molecule has 16 heavy (non-hydrogen) atoms. The van der Waals surface area contributed by atoms with Crippen LogP contribution in [-0.2, 0) is 4.74 Å². The Morgan fingerprint density at radius 2 is 2.38 bits per heavy atom. The van der Waals surface area contributed by atoms with E-state index in [-0.39, 0.29) is 18.5 Å². The van der Waals surface area contributed by atoms with E-state index in [9.17, 15) is 4.79 Å². The normalized spacial score (nSPS) is 23.9. The van der Waals surface area contributed by atoms with Gasteiger partial charge in [-0.15, -0.1) is 0 Å². The minimum atomic E-state index is -0.522. The first-order chi connectivity index (χ1) is 7.61. The SMILES string of the molecule is Nc1nc(=O)n([C@H]2C=C[C@@H](CO)O2)cc1I. The first kappa shape index (κ1) is 11.6. The zero-order valence-corrected chi connectivity index (χ0v) is 10.4. The highest BCUT2D eigenvalue weighted by atomic mass is 127. The van der Waals surface area contributed by atoms with E-state index in [1.54, 1.807) is 18.3 Å². The molecule has 1 aromatic heterocycles. The van der Waals surface area contributed by atoms with Gasteiger partial charge in [0.05, 0.1) is 10.2 Å². The van der Waals surface area contributed by atoms with Crippen LogP contribution in [0.5, 0.6) is 0 Å². The lowest BCUT2D eigenvalue weighted by molar-refractivity contribution is -0.0103. The highest BCUT2D eigenvalue weighted by Crippen LogP contribution is 2.20. The third-order valence-corrected chi connectivity index (χ3v) is 3.02. The molecular weight excluding hydrogens is 325 g/mol. The number of nitrogen functional groups attached to an aromatic ring is 1. The molecule has 2 rings (SSSR count). The Hall–Kier alpha value is -0.930. The fraction of sp³-hybridized carbons (Fsp3) is 0.333. The number of hydrogen-bond acceptors (Lipinski definition) is 5. The van der Waals surface area contributed by atoms with Crippen molar-refractivity contribution in [3.63, 3.8) is 0 Å². The van der Waals surface area contributed by atoms with Gasteiger partial charge in [-0.25, -0.2) is 4.79 Å². The average Bonchev–Trinajstić information content (AvgIpc) is 2.71. The molecular formula is C9H10IN3O3. The average molecular weight is 335 g/mol. The molecule has 2 heterocycles. The van der Waals surface area contributed by atoms with Gasteiger partial charge in [-0.1, -0.05) is 6.08 Å². The first-order valence-electron chi connectivity index (χ1n) is 4.60. The van der Waals surface area contributed by atoms with Crippen molar-refractivity contribution in [3.05, 3.63) is 32.4 Å². The van der Waals surface area contributed by atoms with Crippen LogP contribution in [0.25, 0.3) is 0 Å². The molecule has 0 fully saturated rings. The molecule has 0 amide bonds. The summed E-state index contributed by atoms with van der Waals surface area (Å²) in [5.74, 6) is 0.211. The fourth-order valence-electron chi connectivity index (χ4n) is 1.39. The predicted molar refractivity (Wildman–Crippen MR) is 65.8 cm³/mol. The second-order valence-electron chi connectivity index (χ2n) is 3.30. The lowest BCUT2D eigenvalue weighted by Gasteiger charge is -2.15. The predicted octanol–water partition coefficient (Wildman–Crippen LogP) is -0.124. The van der Waals surface area contributed by atoms with Crippen LogP contribution in [0.1, 0.15) is 6.23 Å². The van der Waals surface area contributed by atoms with Gasteiger partial charge in [-0.2, -0.15) is 4.98 Å². The summed E-state index contributed by atoms with van der Waals surface area (Å²) in [7, 11) is 0. The lowest BCUT2D eigenvalue weighted by Crippen LogP contribution is -2.29. The third kappa shape index (κ3) is 2.11. The van der Waals surface area contributed by atoms with Gasteiger partial charge < -0.3 is 15.6 Å². The van der Waals surface area contributed by atoms with Crippen LogP contribution >= 0.6 is 22.6 Å². The Morgan fingerprint density at radius 3 is 3.00 bits per heavy atom. The van der Waals surface area contributed by atoms with Gasteiger partial charge in [-0.3, -0.25) is 4.57 Å². The zero-order valence-electron chi connectivity index (χ0n) is 8.21. The topological polar surface area (TPSA) is 90.4 Å². The lowest BCUT2D eigenvalue weighted by atomic mass is 10.4. The van der Waals surface area contributed by atoms with E-state index in [0.29, 0.717) is 3.57 Å². The molecule has 1 aromatic rings. The van der Waals surface area contributed by atoms with Crippen molar-refractivity contribution >= 4 is 28.4 Å². The molecule has 2 atom stereocenters. The summed E-state index contributed by atoms with van der Waals surface area (Å²) in [4.78, 5) is 15.2. The summed E-state index contributed by atoms with van der Waals surface area (Å²) in [6.45, 7) is -0.110. The number of nitrogens with zero attached hydrogens (tertiary/aromatic N) is 2. The Balaban J connectivity index is 2.33. The van der Waals surface area contributed by atoms with Gasteiger partial charge >= 0.3 is 5.69 Å². The standard InChI is InChI=1S/C9H10IN3O3/c10-6-3-13(9(15)12-8(6)11)7-2-1-5(4-14)16-7/h1-3,5,7,14H,4H2,(H2,11,12,15)/t5-,7+/m0/s1. The van der Waals surface area contributed by atoms with Gasteiger partial charge in [0, 0.05) is 6.20 Å². The molecule has 0 aliphatic carbocycles. The van der Waals surface area contributed by atoms with Crippen molar-refractivity contribution in [2.75, 3.05) is 12.3 Å². The van der Waals surface area contributed by atoms with Gasteiger partial charge in [0.2, 0.25) is 0 Å². The summed E-state index contributed by atoms with van der Waals surface area (Å²) >= 11 is 1.99. The smallest absolute Gasteiger partial charge is 0.351 e. The number of aliphatic hydroxyl groups is 1. The number of aliphatic hydroxyl groups excluding tert-OH is 1. The van der Waals surface area contributed by atoms with Crippen LogP contribution in [0.15, 0.2) is 23.1 Å². The summed E-state index contributed by atoms with van der Waals surface area (Å²) in [6.07, 6.45) is 4.11. The largest absolute Gasteiger partial charge is 0.393 e. The molecule has 3 N–H and O–H groups in total. The van der Waals surface area contributed by atoms with E-state index in [1.165, 1.54) is 4.57 Å². The van der Waals surface area contributed by atoms with Gasteiger partial charge in [-0.05, 0) is 28.7 Å². The van der Waals surface area contributed by atoms with Crippen molar-refractivity contribution in [2.24, 2.45) is 0 Å². The number of aromatic nitrogens is 2. The molecule has 86 valence electrons. The van der Waals surface area contributed by atoms with Crippen LogP contribution in [0.3, 0.4) is 0 Å². The number of rotatable bonds is 2. The van der Waals surface area contributed by atoms with Gasteiger partial charge in [0.1, 0.15) is 11.9 Å². The van der Waals surface area contributed by atoms with Crippen LogP contribution in [0.4, 0.5) is 5.82 Å². The molecule has 0 unspecified atom stereocenters. The van der Waals surface area contributed by atoms with E-state index in [2.05, 4.69) is 4.98 Å².